The van der Waals surface area contributed by atoms with Crippen molar-refractivity contribution in [2.24, 2.45) is 0 Å². The van der Waals surface area contributed by atoms with Crippen molar-refractivity contribution in [2.45, 2.75) is 26.2 Å². The number of nitrogens with zero attached hydrogens (tertiary/aromatic N) is 3. The summed E-state index contributed by atoms with van der Waals surface area (Å²) in [7, 11) is 0. The maximum Gasteiger partial charge on any atom is 0.251 e. The minimum atomic E-state index is -0.429. The number of nitrogens with two attached hydrogens (primary N) is 1. The number of carbonyl (C=O) groups is 1. The van der Waals surface area contributed by atoms with Crippen molar-refractivity contribution >= 4 is 17.5 Å². The van der Waals surface area contributed by atoms with Crippen LogP contribution in [0.4, 0.5) is 10.3 Å². The SMILES string of the molecule is Cc1c(F)cc(-c2ccn3nc(N)nc3c2)cc1C(=O)NCCC(C)c1ccccc1. The second-order valence-electron chi connectivity index (χ2n) is 7.68. The van der Waals surface area contributed by atoms with Crippen molar-refractivity contribution in [2.75, 3.05) is 12.3 Å². The van der Waals surface area contributed by atoms with E-state index >= 15 is 0 Å². The normalized spacial score (nSPS) is 12.1. The summed E-state index contributed by atoms with van der Waals surface area (Å²) in [5, 5.41) is 6.97. The molecular formula is C24H24FN5O. The van der Waals surface area contributed by atoms with Crippen molar-refractivity contribution in [3.63, 3.8) is 0 Å². The molecule has 0 aliphatic carbocycles. The number of anilines is 1. The fraction of sp³-hybridized carbons (Fsp3) is 0.208. The van der Waals surface area contributed by atoms with Crippen LogP contribution >= 0.6 is 0 Å². The van der Waals surface area contributed by atoms with Crippen molar-refractivity contribution in [3.05, 3.63) is 83.3 Å². The number of hydrogen-bond acceptors (Lipinski definition) is 4. The molecule has 2 aromatic heterocycles. The van der Waals surface area contributed by atoms with Gasteiger partial charge in [0.25, 0.3) is 5.91 Å². The molecule has 0 aliphatic rings. The largest absolute Gasteiger partial charge is 0.366 e. The monoisotopic (exact) mass is 417 g/mol. The average molecular weight is 417 g/mol. The number of rotatable bonds is 6. The third-order valence-electron chi connectivity index (χ3n) is 5.51. The molecule has 3 N–H and O–H groups in total. The molecule has 0 saturated carbocycles. The second kappa shape index (κ2) is 8.55. The van der Waals surface area contributed by atoms with Crippen LogP contribution in [0, 0.1) is 12.7 Å². The Bertz CT molecular complexity index is 1240. The van der Waals surface area contributed by atoms with E-state index < -0.39 is 5.82 Å². The van der Waals surface area contributed by atoms with Crippen LogP contribution in [-0.2, 0) is 0 Å². The van der Waals surface area contributed by atoms with Gasteiger partial charge in [-0.15, -0.1) is 5.10 Å². The lowest BCUT2D eigenvalue weighted by molar-refractivity contribution is 0.0951. The van der Waals surface area contributed by atoms with E-state index in [0.717, 1.165) is 12.0 Å². The van der Waals surface area contributed by atoms with Gasteiger partial charge in [0.1, 0.15) is 5.82 Å². The topological polar surface area (TPSA) is 85.3 Å². The zero-order valence-electron chi connectivity index (χ0n) is 17.5. The molecule has 2 aromatic carbocycles. The lowest BCUT2D eigenvalue weighted by atomic mass is 9.97. The number of carbonyl (C=O) groups excluding carboxylic acids is 1. The fourth-order valence-electron chi connectivity index (χ4n) is 3.61. The number of pyridine rings is 1. The van der Waals surface area contributed by atoms with Crippen LogP contribution in [0.25, 0.3) is 16.8 Å². The molecule has 31 heavy (non-hydrogen) atoms. The van der Waals surface area contributed by atoms with E-state index in [2.05, 4.69) is 34.5 Å². The molecule has 4 aromatic rings. The first-order chi connectivity index (χ1) is 14.9. The molecule has 6 nitrogen and oxygen atoms in total. The molecule has 0 radical (unpaired) electrons. The molecule has 1 amide bonds. The van der Waals surface area contributed by atoms with E-state index in [4.69, 9.17) is 5.73 Å². The van der Waals surface area contributed by atoms with Gasteiger partial charge in [-0.05, 0) is 65.8 Å². The molecule has 2 heterocycles. The molecule has 4 rings (SSSR count). The van der Waals surface area contributed by atoms with Gasteiger partial charge in [0, 0.05) is 18.3 Å². The third kappa shape index (κ3) is 4.40. The average Bonchev–Trinajstić information content (AvgIpc) is 3.15. The summed E-state index contributed by atoms with van der Waals surface area (Å²) in [5.41, 5.74) is 9.38. The Hall–Kier alpha value is -3.74. The van der Waals surface area contributed by atoms with Gasteiger partial charge in [-0.3, -0.25) is 4.79 Å². The number of benzene rings is 2. The van der Waals surface area contributed by atoms with Crippen molar-refractivity contribution < 1.29 is 9.18 Å². The first-order valence-corrected chi connectivity index (χ1v) is 10.2. The van der Waals surface area contributed by atoms with Crippen LogP contribution in [0.1, 0.15) is 40.7 Å². The standard InChI is InChI=1S/C24H24FN5O/c1-15(17-6-4-3-5-7-17)8-10-27-23(31)20-12-19(13-21(25)16(20)2)18-9-11-30-22(14-18)28-24(26)29-30/h3-7,9,11-15H,8,10H2,1-2H3,(H2,26,29)(H,27,31). The molecule has 1 atom stereocenters. The smallest absolute Gasteiger partial charge is 0.251 e. The van der Waals surface area contributed by atoms with Crippen molar-refractivity contribution in [3.8, 4) is 11.1 Å². The van der Waals surface area contributed by atoms with Crippen LogP contribution in [0.2, 0.25) is 0 Å². The summed E-state index contributed by atoms with van der Waals surface area (Å²) in [4.78, 5) is 16.9. The fourth-order valence-corrected chi connectivity index (χ4v) is 3.61. The number of halogens is 1. The van der Waals surface area contributed by atoms with Crippen LogP contribution < -0.4 is 11.1 Å². The molecule has 0 fully saturated rings. The zero-order chi connectivity index (χ0) is 22.0. The van der Waals surface area contributed by atoms with Gasteiger partial charge < -0.3 is 11.1 Å². The summed E-state index contributed by atoms with van der Waals surface area (Å²) in [5.74, 6) is -0.238. The Kier molecular flexibility index (Phi) is 5.66. The quantitative estimate of drug-likeness (QED) is 0.488. The molecular weight excluding hydrogens is 393 g/mol. The highest BCUT2D eigenvalue weighted by Crippen LogP contribution is 2.26. The summed E-state index contributed by atoms with van der Waals surface area (Å²) >= 11 is 0. The van der Waals surface area contributed by atoms with E-state index in [1.807, 2.05) is 18.2 Å². The highest BCUT2D eigenvalue weighted by molar-refractivity contribution is 5.97. The third-order valence-corrected chi connectivity index (χ3v) is 5.51. The molecule has 0 aliphatic heterocycles. The first-order valence-electron chi connectivity index (χ1n) is 10.2. The van der Waals surface area contributed by atoms with Crippen molar-refractivity contribution in [1.82, 2.24) is 19.9 Å². The highest BCUT2D eigenvalue weighted by Gasteiger charge is 2.16. The minimum absolute atomic E-state index is 0.164. The lowest BCUT2D eigenvalue weighted by Gasteiger charge is -2.14. The lowest BCUT2D eigenvalue weighted by Crippen LogP contribution is -2.26. The predicted molar refractivity (Wildman–Crippen MR) is 119 cm³/mol. The number of fused-ring (bicyclic) bond motifs is 1. The van der Waals surface area contributed by atoms with Crippen LogP contribution in [0.5, 0.6) is 0 Å². The molecule has 158 valence electrons. The van der Waals surface area contributed by atoms with Gasteiger partial charge in [0.15, 0.2) is 5.65 Å². The van der Waals surface area contributed by atoms with Crippen LogP contribution in [0.15, 0.2) is 60.8 Å². The van der Waals surface area contributed by atoms with Crippen molar-refractivity contribution in [1.29, 1.82) is 0 Å². The molecule has 0 bridgehead atoms. The van der Waals surface area contributed by atoms with E-state index in [9.17, 15) is 9.18 Å². The molecule has 0 saturated heterocycles. The minimum Gasteiger partial charge on any atom is -0.366 e. The maximum absolute atomic E-state index is 14.6. The number of nitrogen functional groups attached to an aromatic ring is 1. The first kappa shape index (κ1) is 20.5. The van der Waals surface area contributed by atoms with Crippen LogP contribution in [0.3, 0.4) is 0 Å². The number of amides is 1. The van der Waals surface area contributed by atoms with Gasteiger partial charge in [-0.2, -0.15) is 4.98 Å². The Morgan fingerprint density at radius 2 is 1.94 bits per heavy atom. The number of aromatic nitrogens is 3. The summed E-state index contributed by atoms with van der Waals surface area (Å²) in [6.45, 7) is 4.24. The molecule has 1 unspecified atom stereocenters. The molecule has 0 spiro atoms. The Morgan fingerprint density at radius 3 is 2.71 bits per heavy atom. The Labute approximate surface area is 179 Å². The Morgan fingerprint density at radius 1 is 1.16 bits per heavy atom. The Balaban J connectivity index is 1.52. The summed E-state index contributed by atoms with van der Waals surface area (Å²) in [6, 6.07) is 16.8. The molecule has 7 heteroatoms. The zero-order valence-corrected chi connectivity index (χ0v) is 17.5. The van der Waals surface area contributed by atoms with E-state index in [-0.39, 0.29) is 11.9 Å². The summed E-state index contributed by atoms with van der Waals surface area (Å²) < 4.78 is 16.2. The van der Waals surface area contributed by atoms with E-state index in [1.165, 1.54) is 11.6 Å². The predicted octanol–water partition coefficient (Wildman–Crippen LogP) is 4.35. The summed E-state index contributed by atoms with van der Waals surface area (Å²) in [6.07, 6.45) is 2.50. The maximum atomic E-state index is 14.6. The van der Waals surface area contributed by atoms with Crippen LogP contribution in [-0.4, -0.2) is 27.0 Å². The van der Waals surface area contributed by atoms with E-state index in [0.29, 0.717) is 34.8 Å². The van der Waals surface area contributed by atoms with E-state index in [1.54, 1.807) is 35.8 Å². The second-order valence-corrected chi connectivity index (χ2v) is 7.68. The highest BCUT2D eigenvalue weighted by atomic mass is 19.1. The van der Waals surface area contributed by atoms with Gasteiger partial charge in [0.05, 0.1) is 0 Å². The van der Waals surface area contributed by atoms with Gasteiger partial charge in [-0.1, -0.05) is 37.3 Å². The van der Waals surface area contributed by atoms with Gasteiger partial charge in [0.2, 0.25) is 5.95 Å². The van der Waals surface area contributed by atoms with Gasteiger partial charge in [-0.25, -0.2) is 8.91 Å². The van der Waals surface area contributed by atoms with Gasteiger partial charge >= 0.3 is 0 Å². The number of hydrogen-bond donors (Lipinski definition) is 2. The number of nitrogens with one attached hydrogen (secondary N) is 1.